The third-order valence-electron chi connectivity index (χ3n) is 2.12. The van der Waals surface area contributed by atoms with E-state index in [2.05, 4.69) is 5.16 Å². The Balaban J connectivity index is 2.48. The maximum atomic E-state index is 13.4. The molecule has 4 heteroatoms. The molecule has 0 saturated carbocycles. The Labute approximate surface area is 91.7 Å². The fourth-order valence-corrected chi connectivity index (χ4v) is 1.46. The van der Waals surface area contributed by atoms with Crippen molar-refractivity contribution in [3.63, 3.8) is 0 Å². The SMILES string of the molecule is CCc1cc(-c2cc(Cl)ccc2F)on1. The quantitative estimate of drug-likeness (QED) is 0.779. The minimum absolute atomic E-state index is 0.342. The van der Waals surface area contributed by atoms with Crippen molar-refractivity contribution in [2.24, 2.45) is 0 Å². The first-order valence-corrected chi connectivity index (χ1v) is 4.99. The van der Waals surface area contributed by atoms with Gasteiger partial charge < -0.3 is 4.52 Å². The van der Waals surface area contributed by atoms with Crippen molar-refractivity contribution < 1.29 is 8.91 Å². The van der Waals surface area contributed by atoms with Gasteiger partial charge in [-0.3, -0.25) is 0 Å². The van der Waals surface area contributed by atoms with Gasteiger partial charge in [-0.1, -0.05) is 23.7 Å². The highest BCUT2D eigenvalue weighted by atomic mass is 35.5. The van der Waals surface area contributed by atoms with Gasteiger partial charge in [0.25, 0.3) is 0 Å². The van der Waals surface area contributed by atoms with Crippen LogP contribution in [0.25, 0.3) is 11.3 Å². The molecule has 2 aromatic rings. The third kappa shape index (κ3) is 2.02. The van der Waals surface area contributed by atoms with Crippen molar-refractivity contribution >= 4 is 11.6 Å². The van der Waals surface area contributed by atoms with Crippen LogP contribution in [0.4, 0.5) is 4.39 Å². The summed E-state index contributed by atoms with van der Waals surface area (Å²) >= 11 is 5.78. The van der Waals surface area contributed by atoms with Gasteiger partial charge in [-0.15, -0.1) is 0 Å². The number of halogens is 2. The van der Waals surface area contributed by atoms with Crippen LogP contribution in [-0.2, 0) is 6.42 Å². The second kappa shape index (κ2) is 4.03. The lowest BCUT2D eigenvalue weighted by atomic mass is 10.1. The summed E-state index contributed by atoms with van der Waals surface area (Å²) < 4.78 is 18.5. The Morgan fingerprint density at radius 1 is 1.40 bits per heavy atom. The molecule has 2 nitrogen and oxygen atoms in total. The zero-order chi connectivity index (χ0) is 10.8. The van der Waals surface area contributed by atoms with Gasteiger partial charge in [0.2, 0.25) is 0 Å². The van der Waals surface area contributed by atoms with Crippen LogP contribution in [0.1, 0.15) is 12.6 Å². The topological polar surface area (TPSA) is 26.0 Å². The molecule has 0 aliphatic rings. The summed E-state index contributed by atoms with van der Waals surface area (Å²) in [7, 11) is 0. The predicted octanol–water partition coefficient (Wildman–Crippen LogP) is 3.70. The normalized spacial score (nSPS) is 10.6. The van der Waals surface area contributed by atoms with Crippen LogP contribution in [0.15, 0.2) is 28.8 Å². The molecule has 0 N–H and O–H groups in total. The highest BCUT2D eigenvalue weighted by molar-refractivity contribution is 6.30. The fraction of sp³-hybridized carbons (Fsp3) is 0.182. The average Bonchev–Trinajstić information content (AvgIpc) is 2.70. The number of hydrogen-bond acceptors (Lipinski definition) is 2. The summed E-state index contributed by atoms with van der Waals surface area (Å²) in [5.74, 6) is 0.0463. The number of rotatable bonds is 2. The molecule has 0 amide bonds. The van der Waals surface area contributed by atoms with Gasteiger partial charge >= 0.3 is 0 Å². The lowest BCUT2D eigenvalue weighted by molar-refractivity contribution is 0.422. The Morgan fingerprint density at radius 2 is 2.20 bits per heavy atom. The summed E-state index contributed by atoms with van der Waals surface area (Å²) in [6, 6.07) is 6.05. The molecule has 78 valence electrons. The van der Waals surface area contributed by atoms with Gasteiger partial charge in [-0.05, 0) is 24.6 Å². The van der Waals surface area contributed by atoms with Gasteiger partial charge in [0, 0.05) is 11.1 Å². The van der Waals surface area contributed by atoms with Crippen molar-refractivity contribution in [3.8, 4) is 11.3 Å². The molecule has 0 aliphatic carbocycles. The molecular formula is C11H9ClFNO. The standard InChI is InChI=1S/C11H9ClFNO/c1-2-8-6-11(15-14-8)9-5-7(12)3-4-10(9)13/h3-6H,2H2,1H3. The zero-order valence-electron chi connectivity index (χ0n) is 8.13. The van der Waals surface area contributed by atoms with E-state index in [0.717, 1.165) is 12.1 Å². The highest BCUT2D eigenvalue weighted by Crippen LogP contribution is 2.26. The van der Waals surface area contributed by atoms with Crippen molar-refractivity contribution in [3.05, 3.63) is 40.8 Å². The van der Waals surface area contributed by atoms with Crippen molar-refractivity contribution in [1.29, 1.82) is 0 Å². The minimum Gasteiger partial charge on any atom is -0.356 e. The largest absolute Gasteiger partial charge is 0.356 e. The number of aromatic nitrogens is 1. The lowest BCUT2D eigenvalue weighted by Gasteiger charge is -1.98. The van der Waals surface area contributed by atoms with Crippen LogP contribution in [-0.4, -0.2) is 5.16 Å². The Kier molecular flexibility index (Phi) is 2.73. The molecule has 0 saturated heterocycles. The lowest BCUT2D eigenvalue weighted by Crippen LogP contribution is -1.81. The van der Waals surface area contributed by atoms with E-state index in [-0.39, 0.29) is 5.82 Å². The second-order valence-electron chi connectivity index (χ2n) is 3.16. The van der Waals surface area contributed by atoms with E-state index in [1.54, 1.807) is 6.07 Å². The van der Waals surface area contributed by atoms with Gasteiger partial charge in [-0.25, -0.2) is 4.39 Å². The maximum absolute atomic E-state index is 13.4. The van der Waals surface area contributed by atoms with Crippen LogP contribution in [0.3, 0.4) is 0 Å². The van der Waals surface area contributed by atoms with Crippen LogP contribution in [0, 0.1) is 5.82 Å². The van der Waals surface area contributed by atoms with E-state index in [4.69, 9.17) is 16.1 Å². The molecule has 1 aromatic heterocycles. The molecule has 0 aliphatic heterocycles. The predicted molar refractivity (Wildman–Crippen MR) is 56.3 cm³/mol. The van der Waals surface area contributed by atoms with Crippen molar-refractivity contribution in [1.82, 2.24) is 5.16 Å². The molecule has 1 aromatic carbocycles. The molecule has 0 radical (unpaired) electrons. The van der Waals surface area contributed by atoms with Crippen LogP contribution < -0.4 is 0 Å². The van der Waals surface area contributed by atoms with Crippen LogP contribution in [0.5, 0.6) is 0 Å². The first kappa shape index (κ1) is 10.2. The van der Waals surface area contributed by atoms with Gasteiger partial charge in [0.05, 0.1) is 11.3 Å². The summed E-state index contributed by atoms with van der Waals surface area (Å²) in [5, 5.41) is 4.27. The Morgan fingerprint density at radius 3 is 2.87 bits per heavy atom. The molecule has 1 heterocycles. The van der Waals surface area contributed by atoms with Crippen LogP contribution >= 0.6 is 11.6 Å². The first-order chi connectivity index (χ1) is 7.20. The molecule has 0 fully saturated rings. The van der Waals surface area contributed by atoms with Gasteiger partial charge in [0.1, 0.15) is 5.82 Å². The molecule has 15 heavy (non-hydrogen) atoms. The van der Waals surface area contributed by atoms with Gasteiger partial charge in [0.15, 0.2) is 5.76 Å². The molecule has 0 bridgehead atoms. The van der Waals surface area contributed by atoms with E-state index in [0.29, 0.717) is 16.3 Å². The number of aryl methyl sites for hydroxylation is 1. The van der Waals surface area contributed by atoms with Crippen molar-refractivity contribution in [2.75, 3.05) is 0 Å². The average molecular weight is 226 g/mol. The molecule has 0 unspecified atom stereocenters. The van der Waals surface area contributed by atoms with Crippen LogP contribution in [0.2, 0.25) is 5.02 Å². The van der Waals surface area contributed by atoms with E-state index in [1.165, 1.54) is 18.2 Å². The Bertz CT molecular complexity index is 481. The summed E-state index contributed by atoms with van der Waals surface area (Å²) in [5.41, 5.74) is 1.14. The molecular weight excluding hydrogens is 217 g/mol. The maximum Gasteiger partial charge on any atom is 0.170 e. The monoisotopic (exact) mass is 225 g/mol. The third-order valence-corrected chi connectivity index (χ3v) is 2.35. The minimum atomic E-state index is -0.363. The Hall–Kier alpha value is -1.35. The van der Waals surface area contributed by atoms with E-state index in [1.807, 2.05) is 6.92 Å². The summed E-state index contributed by atoms with van der Waals surface area (Å²) in [4.78, 5) is 0. The number of nitrogens with zero attached hydrogens (tertiary/aromatic N) is 1. The number of benzene rings is 1. The van der Waals surface area contributed by atoms with E-state index in [9.17, 15) is 4.39 Å². The fourth-order valence-electron chi connectivity index (χ4n) is 1.29. The molecule has 0 spiro atoms. The second-order valence-corrected chi connectivity index (χ2v) is 3.60. The van der Waals surface area contributed by atoms with Gasteiger partial charge in [-0.2, -0.15) is 0 Å². The molecule has 0 atom stereocenters. The first-order valence-electron chi connectivity index (χ1n) is 4.61. The highest BCUT2D eigenvalue weighted by Gasteiger charge is 2.11. The zero-order valence-corrected chi connectivity index (χ0v) is 8.88. The summed E-state index contributed by atoms with van der Waals surface area (Å²) in [6.07, 6.45) is 0.756. The summed E-state index contributed by atoms with van der Waals surface area (Å²) in [6.45, 7) is 1.95. The molecule has 2 rings (SSSR count). The van der Waals surface area contributed by atoms with Crippen molar-refractivity contribution in [2.45, 2.75) is 13.3 Å². The van der Waals surface area contributed by atoms with E-state index < -0.39 is 0 Å². The number of hydrogen-bond donors (Lipinski definition) is 0. The van der Waals surface area contributed by atoms with E-state index >= 15 is 0 Å². The smallest absolute Gasteiger partial charge is 0.170 e.